The average molecular weight is 340 g/mol. The van der Waals surface area contributed by atoms with Gasteiger partial charge in [0.2, 0.25) is 10.0 Å². The first kappa shape index (κ1) is 19.4. The first-order valence-electron chi connectivity index (χ1n) is 7.82. The zero-order valence-electron chi connectivity index (χ0n) is 14.5. The van der Waals surface area contributed by atoms with E-state index in [0.29, 0.717) is 32.1 Å². The van der Waals surface area contributed by atoms with Crippen molar-refractivity contribution in [2.24, 2.45) is 4.99 Å². The SMILES string of the molecule is CCN(CCCNC(=NC)NCc1cccc(C)c1)S(C)(=O)=O. The molecule has 0 aliphatic rings. The van der Waals surface area contributed by atoms with Crippen LogP contribution in [-0.4, -0.2) is 51.6 Å². The number of nitrogens with zero attached hydrogens (tertiary/aromatic N) is 2. The molecule has 130 valence electrons. The molecule has 0 aromatic heterocycles. The van der Waals surface area contributed by atoms with Crippen molar-refractivity contribution >= 4 is 16.0 Å². The third-order valence-electron chi connectivity index (χ3n) is 3.46. The highest BCUT2D eigenvalue weighted by Crippen LogP contribution is 2.03. The molecule has 2 N–H and O–H groups in total. The van der Waals surface area contributed by atoms with Gasteiger partial charge in [-0.1, -0.05) is 36.8 Å². The molecule has 0 amide bonds. The molecule has 1 rings (SSSR count). The molecular weight excluding hydrogens is 312 g/mol. The third-order valence-corrected chi connectivity index (χ3v) is 4.84. The number of hydrogen-bond acceptors (Lipinski definition) is 3. The smallest absolute Gasteiger partial charge is 0.211 e. The summed E-state index contributed by atoms with van der Waals surface area (Å²) in [5, 5.41) is 6.45. The van der Waals surface area contributed by atoms with Crippen molar-refractivity contribution in [3.05, 3.63) is 35.4 Å². The van der Waals surface area contributed by atoms with Crippen LogP contribution in [0, 0.1) is 6.92 Å². The lowest BCUT2D eigenvalue weighted by molar-refractivity contribution is 0.424. The van der Waals surface area contributed by atoms with E-state index in [1.807, 2.05) is 13.0 Å². The number of benzene rings is 1. The van der Waals surface area contributed by atoms with Gasteiger partial charge in [0.05, 0.1) is 6.26 Å². The monoisotopic (exact) mass is 340 g/mol. The van der Waals surface area contributed by atoms with Gasteiger partial charge in [-0.05, 0) is 18.9 Å². The van der Waals surface area contributed by atoms with E-state index in [2.05, 4.69) is 40.7 Å². The lowest BCUT2D eigenvalue weighted by atomic mass is 10.1. The molecule has 0 saturated heterocycles. The molecule has 0 saturated carbocycles. The van der Waals surface area contributed by atoms with Gasteiger partial charge in [0.1, 0.15) is 0 Å². The van der Waals surface area contributed by atoms with Gasteiger partial charge in [-0.3, -0.25) is 4.99 Å². The summed E-state index contributed by atoms with van der Waals surface area (Å²) in [5.41, 5.74) is 2.43. The summed E-state index contributed by atoms with van der Waals surface area (Å²) in [6.45, 7) is 6.29. The fourth-order valence-corrected chi connectivity index (χ4v) is 3.18. The van der Waals surface area contributed by atoms with Crippen LogP contribution in [0.2, 0.25) is 0 Å². The number of hydrogen-bond donors (Lipinski definition) is 2. The van der Waals surface area contributed by atoms with Gasteiger partial charge in [-0.15, -0.1) is 0 Å². The van der Waals surface area contributed by atoms with Crippen molar-refractivity contribution in [3.8, 4) is 0 Å². The number of aliphatic imine (C=N–C) groups is 1. The molecule has 7 heteroatoms. The van der Waals surface area contributed by atoms with Crippen molar-refractivity contribution in [1.82, 2.24) is 14.9 Å². The van der Waals surface area contributed by atoms with Gasteiger partial charge in [-0.2, -0.15) is 0 Å². The number of aryl methyl sites for hydroxylation is 1. The predicted molar refractivity (Wildman–Crippen MR) is 96.1 cm³/mol. The second-order valence-corrected chi connectivity index (χ2v) is 7.43. The topological polar surface area (TPSA) is 73.8 Å². The zero-order valence-corrected chi connectivity index (χ0v) is 15.3. The van der Waals surface area contributed by atoms with E-state index >= 15 is 0 Å². The molecule has 23 heavy (non-hydrogen) atoms. The Labute approximate surface area is 140 Å². The number of rotatable bonds is 8. The summed E-state index contributed by atoms with van der Waals surface area (Å²) in [6, 6.07) is 8.30. The minimum Gasteiger partial charge on any atom is -0.356 e. The van der Waals surface area contributed by atoms with Gasteiger partial charge in [0.25, 0.3) is 0 Å². The highest BCUT2D eigenvalue weighted by atomic mass is 32.2. The number of guanidine groups is 1. The Balaban J connectivity index is 2.35. The largest absolute Gasteiger partial charge is 0.356 e. The quantitative estimate of drug-likeness (QED) is 0.425. The Morgan fingerprint density at radius 3 is 2.61 bits per heavy atom. The van der Waals surface area contributed by atoms with E-state index < -0.39 is 10.0 Å². The van der Waals surface area contributed by atoms with Crippen molar-refractivity contribution in [1.29, 1.82) is 0 Å². The molecule has 0 aliphatic carbocycles. The van der Waals surface area contributed by atoms with E-state index in [0.717, 1.165) is 6.42 Å². The van der Waals surface area contributed by atoms with Crippen LogP contribution in [0.25, 0.3) is 0 Å². The Morgan fingerprint density at radius 2 is 2.04 bits per heavy atom. The second kappa shape index (κ2) is 9.52. The van der Waals surface area contributed by atoms with Gasteiger partial charge in [0.15, 0.2) is 5.96 Å². The molecule has 1 aromatic carbocycles. The van der Waals surface area contributed by atoms with Gasteiger partial charge in [0, 0.05) is 33.2 Å². The highest BCUT2D eigenvalue weighted by Gasteiger charge is 2.13. The number of nitrogens with one attached hydrogen (secondary N) is 2. The summed E-state index contributed by atoms with van der Waals surface area (Å²) in [5.74, 6) is 0.717. The van der Waals surface area contributed by atoms with E-state index in [4.69, 9.17) is 0 Å². The van der Waals surface area contributed by atoms with Gasteiger partial charge >= 0.3 is 0 Å². The average Bonchev–Trinajstić information content (AvgIpc) is 2.49. The molecule has 0 atom stereocenters. The van der Waals surface area contributed by atoms with Crippen LogP contribution in [-0.2, 0) is 16.6 Å². The Hall–Kier alpha value is -1.60. The van der Waals surface area contributed by atoms with Crippen molar-refractivity contribution in [2.45, 2.75) is 26.8 Å². The maximum absolute atomic E-state index is 11.5. The van der Waals surface area contributed by atoms with Gasteiger partial charge < -0.3 is 10.6 Å². The molecule has 0 heterocycles. The number of sulfonamides is 1. The summed E-state index contributed by atoms with van der Waals surface area (Å²) in [7, 11) is -1.39. The van der Waals surface area contributed by atoms with Crippen LogP contribution in [0.15, 0.2) is 29.3 Å². The van der Waals surface area contributed by atoms with Crippen LogP contribution in [0.5, 0.6) is 0 Å². The predicted octanol–water partition coefficient (Wildman–Crippen LogP) is 1.33. The van der Waals surface area contributed by atoms with E-state index in [1.165, 1.54) is 21.7 Å². The van der Waals surface area contributed by atoms with Crippen molar-refractivity contribution < 1.29 is 8.42 Å². The first-order chi connectivity index (χ1) is 10.9. The fourth-order valence-electron chi connectivity index (χ4n) is 2.25. The minimum absolute atomic E-state index is 0.499. The first-order valence-corrected chi connectivity index (χ1v) is 9.66. The van der Waals surface area contributed by atoms with E-state index in [1.54, 1.807) is 7.05 Å². The maximum atomic E-state index is 11.5. The fraction of sp³-hybridized carbons (Fsp3) is 0.562. The summed E-state index contributed by atoms with van der Waals surface area (Å²) in [4.78, 5) is 4.17. The molecule has 0 radical (unpaired) electrons. The normalized spacial score (nSPS) is 12.5. The molecular formula is C16H28N4O2S. The Kier molecular flexibility index (Phi) is 8.05. The zero-order chi connectivity index (χ0) is 17.3. The van der Waals surface area contributed by atoms with Crippen LogP contribution >= 0.6 is 0 Å². The molecule has 1 aromatic rings. The van der Waals surface area contributed by atoms with Crippen molar-refractivity contribution in [3.63, 3.8) is 0 Å². The molecule has 0 bridgehead atoms. The van der Waals surface area contributed by atoms with Crippen molar-refractivity contribution in [2.75, 3.05) is 32.9 Å². The van der Waals surface area contributed by atoms with Crippen LogP contribution in [0.4, 0.5) is 0 Å². The summed E-state index contributed by atoms with van der Waals surface area (Å²) < 4.78 is 24.5. The molecule has 0 fully saturated rings. The summed E-state index contributed by atoms with van der Waals surface area (Å²) >= 11 is 0. The van der Waals surface area contributed by atoms with Crippen LogP contribution in [0.3, 0.4) is 0 Å². The summed E-state index contributed by atoms with van der Waals surface area (Å²) in [6.07, 6.45) is 1.97. The minimum atomic E-state index is -3.11. The third kappa shape index (κ3) is 7.47. The molecule has 0 spiro atoms. The highest BCUT2D eigenvalue weighted by molar-refractivity contribution is 7.88. The lowest BCUT2D eigenvalue weighted by Gasteiger charge is -2.18. The van der Waals surface area contributed by atoms with Crippen LogP contribution in [0.1, 0.15) is 24.5 Å². The van der Waals surface area contributed by atoms with E-state index in [9.17, 15) is 8.42 Å². The maximum Gasteiger partial charge on any atom is 0.211 e. The Morgan fingerprint density at radius 1 is 1.30 bits per heavy atom. The van der Waals surface area contributed by atoms with Crippen LogP contribution < -0.4 is 10.6 Å². The van der Waals surface area contributed by atoms with Gasteiger partial charge in [-0.25, -0.2) is 12.7 Å². The standard InChI is InChI=1S/C16H28N4O2S/c1-5-20(23(4,21)22)11-7-10-18-16(17-3)19-13-15-9-6-8-14(2)12-15/h6,8-9,12H,5,7,10-11,13H2,1-4H3,(H2,17,18,19). The van der Waals surface area contributed by atoms with E-state index in [-0.39, 0.29) is 0 Å². The molecule has 0 aliphatic heterocycles. The lowest BCUT2D eigenvalue weighted by Crippen LogP contribution is -2.39. The Bertz CT molecular complexity index is 614. The molecule has 0 unspecified atom stereocenters. The molecule has 6 nitrogen and oxygen atoms in total. The second-order valence-electron chi connectivity index (χ2n) is 5.45.